The van der Waals surface area contributed by atoms with Crippen LogP contribution in [0.3, 0.4) is 0 Å². The summed E-state index contributed by atoms with van der Waals surface area (Å²) in [6.45, 7) is 4.73. The Morgan fingerprint density at radius 1 is 1.00 bits per heavy atom. The Kier molecular flexibility index (Phi) is 8.36. The molecule has 0 saturated heterocycles. The van der Waals surface area contributed by atoms with Gasteiger partial charge in [-0.25, -0.2) is 5.48 Å². The van der Waals surface area contributed by atoms with E-state index in [4.69, 9.17) is 4.74 Å². The van der Waals surface area contributed by atoms with Crippen LogP contribution in [-0.2, 0) is 22.6 Å². The fourth-order valence-corrected chi connectivity index (χ4v) is 4.39. The van der Waals surface area contributed by atoms with Gasteiger partial charge in [0.25, 0.3) is 5.91 Å². The summed E-state index contributed by atoms with van der Waals surface area (Å²) in [4.78, 5) is 28.0. The molecule has 0 radical (unpaired) electrons. The Morgan fingerprint density at radius 2 is 1.69 bits per heavy atom. The van der Waals surface area contributed by atoms with Crippen molar-refractivity contribution < 1.29 is 19.5 Å². The van der Waals surface area contributed by atoms with Crippen LogP contribution in [0, 0.1) is 0 Å². The molecule has 0 bridgehead atoms. The average Bonchev–Trinajstić information content (AvgIpc) is 3.03. The predicted octanol–water partition coefficient (Wildman–Crippen LogP) is 4.20. The van der Waals surface area contributed by atoms with Gasteiger partial charge in [0.05, 0.1) is 18.3 Å². The summed E-state index contributed by atoms with van der Waals surface area (Å²) >= 11 is 0. The molecule has 4 rings (SSSR count). The lowest BCUT2D eigenvalue weighted by Gasteiger charge is -2.27. The number of para-hydroxylation sites is 2. The third-order valence-corrected chi connectivity index (χ3v) is 6.51. The molecule has 36 heavy (non-hydrogen) atoms. The zero-order valence-corrected chi connectivity index (χ0v) is 20.7. The minimum absolute atomic E-state index is 0.0686. The number of carbonyl (C=O) groups is 2. The highest BCUT2D eigenvalue weighted by Gasteiger charge is 2.34. The van der Waals surface area contributed by atoms with Crippen LogP contribution in [-0.4, -0.2) is 35.7 Å². The smallest absolute Gasteiger partial charge is 0.260 e. The van der Waals surface area contributed by atoms with Crippen molar-refractivity contribution in [1.29, 1.82) is 0 Å². The summed E-state index contributed by atoms with van der Waals surface area (Å²) in [5.74, 6) is 0.258. The predicted molar refractivity (Wildman–Crippen MR) is 139 cm³/mol. The number of carbonyl (C=O) groups excluding carboxylic acids is 2. The minimum Gasteiger partial charge on any atom is -0.489 e. The van der Waals surface area contributed by atoms with E-state index in [1.54, 1.807) is 10.4 Å². The van der Waals surface area contributed by atoms with Gasteiger partial charge in [-0.3, -0.25) is 20.1 Å². The van der Waals surface area contributed by atoms with Gasteiger partial charge < -0.3 is 9.64 Å². The zero-order valence-electron chi connectivity index (χ0n) is 20.7. The highest BCUT2D eigenvalue weighted by molar-refractivity contribution is 5.99. The van der Waals surface area contributed by atoms with Crippen molar-refractivity contribution in [3.8, 4) is 5.75 Å². The van der Waals surface area contributed by atoms with Gasteiger partial charge in [0, 0.05) is 0 Å². The second-order valence-corrected chi connectivity index (χ2v) is 9.37. The van der Waals surface area contributed by atoms with Crippen LogP contribution in [0.2, 0.25) is 0 Å². The molecule has 1 heterocycles. The van der Waals surface area contributed by atoms with Gasteiger partial charge >= 0.3 is 0 Å². The second-order valence-electron chi connectivity index (χ2n) is 9.37. The maximum absolute atomic E-state index is 13.8. The Morgan fingerprint density at radius 3 is 2.39 bits per heavy atom. The van der Waals surface area contributed by atoms with Crippen molar-refractivity contribution in [1.82, 2.24) is 10.8 Å². The van der Waals surface area contributed by atoms with Gasteiger partial charge in [0.15, 0.2) is 0 Å². The van der Waals surface area contributed by atoms with E-state index in [1.165, 1.54) is 5.56 Å². The lowest BCUT2D eigenvalue weighted by molar-refractivity contribution is -0.132. The van der Waals surface area contributed by atoms with E-state index in [0.29, 0.717) is 36.7 Å². The SMILES string of the molecule is CC(C)c1ccc(CN2C(=O)[C@@H](N[C@@H](CCc3ccccc3)C(=O)NO)COc3ccccc32)cc1. The number of benzene rings is 3. The summed E-state index contributed by atoms with van der Waals surface area (Å²) in [6.07, 6.45) is 1.02. The third-order valence-electron chi connectivity index (χ3n) is 6.51. The molecule has 0 spiro atoms. The first-order valence-electron chi connectivity index (χ1n) is 12.3. The van der Waals surface area contributed by atoms with E-state index in [-0.39, 0.29) is 12.5 Å². The summed E-state index contributed by atoms with van der Waals surface area (Å²) in [5.41, 5.74) is 5.72. The summed E-state index contributed by atoms with van der Waals surface area (Å²) in [6, 6.07) is 23.9. The van der Waals surface area contributed by atoms with E-state index < -0.39 is 18.0 Å². The van der Waals surface area contributed by atoms with Gasteiger partial charge in [0.1, 0.15) is 18.4 Å². The molecule has 0 saturated carbocycles. The molecule has 3 aromatic rings. The molecule has 3 N–H and O–H groups in total. The Balaban J connectivity index is 1.56. The maximum Gasteiger partial charge on any atom is 0.260 e. The number of hydrogen-bond donors (Lipinski definition) is 3. The molecule has 3 aromatic carbocycles. The van der Waals surface area contributed by atoms with Crippen LogP contribution in [0.5, 0.6) is 5.75 Å². The van der Waals surface area contributed by atoms with Crippen LogP contribution < -0.4 is 20.4 Å². The number of nitrogens with zero attached hydrogens (tertiary/aromatic N) is 1. The number of rotatable bonds is 9. The number of aryl methyl sites for hydroxylation is 1. The molecule has 0 aromatic heterocycles. The first-order chi connectivity index (χ1) is 17.5. The molecule has 2 amide bonds. The van der Waals surface area contributed by atoms with Crippen molar-refractivity contribution in [2.75, 3.05) is 11.5 Å². The van der Waals surface area contributed by atoms with E-state index in [9.17, 15) is 14.8 Å². The maximum atomic E-state index is 13.8. The largest absolute Gasteiger partial charge is 0.489 e. The van der Waals surface area contributed by atoms with Crippen LogP contribution in [0.1, 0.15) is 42.9 Å². The fraction of sp³-hybridized carbons (Fsp3) is 0.310. The minimum atomic E-state index is -0.777. The van der Waals surface area contributed by atoms with Gasteiger partial charge in [-0.15, -0.1) is 0 Å². The molecule has 1 aliphatic rings. The van der Waals surface area contributed by atoms with Crippen molar-refractivity contribution in [3.63, 3.8) is 0 Å². The number of ether oxygens (including phenoxy) is 1. The van der Waals surface area contributed by atoms with E-state index in [1.807, 2.05) is 66.7 Å². The third kappa shape index (κ3) is 6.11. The number of nitrogens with one attached hydrogen (secondary N) is 2. The molecule has 0 unspecified atom stereocenters. The quantitative estimate of drug-likeness (QED) is 0.311. The van der Waals surface area contributed by atoms with Crippen LogP contribution in [0.4, 0.5) is 5.69 Å². The number of fused-ring (bicyclic) bond motifs is 1. The standard InChI is InChI=1S/C29H33N3O4/c1-20(2)23-15-12-22(13-16-23)18-32-26-10-6-7-11-27(26)36-19-25(29(32)34)30-24(28(33)31-35)17-14-21-8-4-3-5-9-21/h3-13,15-16,20,24-25,30,35H,14,17-19H2,1-2H3,(H,31,33)/t24-,25-/m0/s1. The number of hydroxylamine groups is 1. The average molecular weight is 488 g/mol. The lowest BCUT2D eigenvalue weighted by atomic mass is 10.0. The van der Waals surface area contributed by atoms with Gasteiger partial charge in [-0.1, -0.05) is 80.6 Å². The molecule has 1 aliphatic heterocycles. The Bertz CT molecular complexity index is 1160. The molecule has 7 nitrogen and oxygen atoms in total. The number of amides is 2. The molecule has 7 heteroatoms. The van der Waals surface area contributed by atoms with E-state index in [0.717, 1.165) is 11.1 Å². The zero-order chi connectivity index (χ0) is 25.5. The highest BCUT2D eigenvalue weighted by atomic mass is 16.5. The molecular weight excluding hydrogens is 454 g/mol. The highest BCUT2D eigenvalue weighted by Crippen LogP contribution is 2.32. The molecule has 2 atom stereocenters. The topological polar surface area (TPSA) is 90.9 Å². The van der Waals surface area contributed by atoms with Crippen LogP contribution in [0.25, 0.3) is 0 Å². The first kappa shape index (κ1) is 25.4. The van der Waals surface area contributed by atoms with Gasteiger partial charge in [0.2, 0.25) is 5.91 Å². The molecule has 0 fully saturated rings. The van der Waals surface area contributed by atoms with Crippen molar-refractivity contribution in [2.45, 2.75) is 51.2 Å². The lowest BCUT2D eigenvalue weighted by Crippen LogP contribution is -2.55. The summed E-state index contributed by atoms with van der Waals surface area (Å²) in [5, 5.41) is 12.5. The van der Waals surface area contributed by atoms with Gasteiger partial charge in [-0.05, 0) is 47.6 Å². The van der Waals surface area contributed by atoms with Crippen LogP contribution >= 0.6 is 0 Å². The summed E-state index contributed by atoms with van der Waals surface area (Å²) in [7, 11) is 0. The van der Waals surface area contributed by atoms with Gasteiger partial charge in [-0.2, -0.15) is 0 Å². The normalized spacial score (nSPS) is 16.2. The molecule has 188 valence electrons. The van der Waals surface area contributed by atoms with Crippen molar-refractivity contribution in [3.05, 3.63) is 95.6 Å². The molecule has 0 aliphatic carbocycles. The van der Waals surface area contributed by atoms with E-state index >= 15 is 0 Å². The Hall–Kier alpha value is -3.68. The fourth-order valence-electron chi connectivity index (χ4n) is 4.39. The second kappa shape index (κ2) is 11.8. The number of hydrogen-bond acceptors (Lipinski definition) is 5. The van der Waals surface area contributed by atoms with Crippen LogP contribution in [0.15, 0.2) is 78.9 Å². The van der Waals surface area contributed by atoms with Crippen molar-refractivity contribution >= 4 is 17.5 Å². The number of anilines is 1. The first-order valence-corrected chi connectivity index (χ1v) is 12.3. The van der Waals surface area contributed by atoms with Crippen molar-refractivity contribution in [2.24, 2.45) is 0 Å². The Labute approximate surface area is 212 Å². The molecular formula is C29H33N3O4. The summed E-state index contributed by atoms with van der Waals surface area (Å²) < 4.78 is 6.01. The van der Waals surface area contributed by atoms with E-state index in [2.05, 4.69) is 31.3 Å². The monoisotopic (exact) mass is 487 g/mol.